The van der Waals surface area contributed by atoms with E-state index in [9.17, 15) is 0 Å². The Balaban J connectivity index is 2.39. The lowest BCUT2D eigenvalue weighted by atomic mass is 10.1. The molecule has 1 aliphatic rings. The molecule has 0 spiro atoms. The van der Waals surface area contributed by atoms with Gasteiger partial charge in [-0.1, -0.05) is 13.8 Å². The first-order valence-electron chi connectivity index (χ1n) is 4.37. The minimum Gasteiger partial charge on any atom is -0.368 e. The molecule has 0 fully saturated rings. The van der Waals surface area contributed by atoms with Gasteiger partial charge >= 0.3 is 0 Å². The van der Waals surface area contributed by atoms with Crippen LogP contribution >= 0.6 is 0 Å². The highest BCUT2D eigenvalue weighted by Crippen LogP contribution is 2.19. The van der Waals surface area contributed by atoms with Gasteiger partial charge in [-0.05, 0) is 5.92 Å². The largest absolute Gasteiger partial charge is 0.368 e. The third kappa shape index (κ3) is 1.15. The van der Waals surface area contributed by atoms with Gasteiger partial charge in [-0.25, -0.2) is 4.98 Å². The van der Waals surface area contributed by atoms with E-state index in [4.69, 9.17) is 0 Å². The van der Waals surface area contributed by atoms with Gasteiger partial charge in [0, 0.05) is 19.2 Å². The molecule has 0 aliphatic carbocycles. The van der Waals surface area contributed by atoms with Crippen molar-refractivity contribution in [1.82, 2.24) is 9.97 Å². The lowest BCUT2D eigenvalue weighted by Crippen LogP contribution is -1.98. The number of hydrogen-bond donors (Lipinski definition) is 1. The molecule has 0 saturated heterocycles. The average Bonchev–Trinajstić information content (AvgIpc) is 2.49. The molecule has 64 valence electrons. The van der Waals surface area contributed by atoms with Crippen molar-refractivity contribution in [3.63, 3.8) is 0 Å². The summed E-state index contributed by atoms with van der Waals surface area (Å²) in [5.74, 6) is 1.45. The predicted octanol–water partition coefficient (Wildman–Crippen LogP) is 1.57. The molecule has 0 atom stereocenters. The summed E-state index contributed by atoms with van der Waals surface area (Å²) in [7, 11) is 0. The number of hydrogen-bond acceptors (Lipinski definition) is 3. The highest BCUT2D eigenvalue weighted by molar-refractivity contribution is 5.45. The first-order valence-corrected chi connectivity index (χ1v) is 4.37. The van der Waals surface area contributed by atoms with Gasteiger partial charge in [0.1, 0.15) is 5.82 Å². The molecule has 0 radical (unpaired) electrons. The van der Waals surface area contributed by atoms with Gasteiger partial charge in [-0.15, -0.1) is 0 Å². The van der Waals surface area contributed by atoms with Crippen molar-refractivity contribution in [1.29, 1.82) is 0 Å². The van der Waals surface area contributed by atoms with Crippen molar-refractivity contribution >= 4 is 5.82 Å². The lowest BCUT2D eigenvalue weighted by Gasteiger charge is -2.05. The van der Waals surface area contributed by atoms with Crippen molar-refractivity contribution in [3.8, 4) is 0 Å². The highest BCUT2D eigenvalue weighted by Gasteiger charge is 2.13. The minimum atomic E-state index is 0.463. The quantitative estimate of drug-likeness (QED) is 0.682. The summed E-state index contributed by atoms with van der Waals surface area (Å²) in [6.45, 7) is 5.24. The van der Waals surface area contributed by atoms with Crippen LogP contribution in [0.2, 0.25) is 0 Å². The number of anilines is 1. The van der Waals surface area contributed by atoms with Crippen LogP contribution in [0.1, 0.15) is 31.2 Å². The Bertz CT molecular complexity index is 294. The molecule has 0 unspecified atom stereocenters. The summed E-state index contributed by atoms with van der Waals surface area (Å²) in [6, 6.07) is 0. The molecular formula is C9H13N3. The first kappa shape index (κ1) is 7.53. The van der Waals surface area contributed by atoms with Crippen LogP contribution < -0.4 is 5.32 Å². The fourth-order valence-electron chi connectivity index (χ4n) is 1.33. The lowest BCUT2D eigenvalue weighted by molar-refractivity contribution is 0.811. The van der Waals surface area contributed by atoms with Gasteiger partial charge < -0.3 is 5.32 Å². The fourth-order valence-corrected chi connectivity index (χ4v) is 1.33. The van der Waals surface area contributed by atoms with Crippen LogP contribution in [0.3, 0.4) is 0 Å². The summed E-state index contributed by atoms with van der Waals surface area (Å²) < 4.78 is 0. The second-order valence-electron chi connectivity index (χ2n) is 3.42. The van der Waals surface area contributed by atoms with Crippen LogP contribution in [0.5, 0.6) is 0 Å². The number of rotatable bonds is 1. The molecule has 3 nitrogen and oxygen atoms in total. The van der Waals surface area contributed by atoms with Gasteiger partial charge in [0.05, 0.1) is 11.4 Å². The number of nitrogens with one attached hydrogen (secondary N) is 1. The maximum absolute atomic E-state index is 4.48. The van der Waals surface area contributed by atoms with E-state index in [0.29, 0.717) is 5.92 Å². The number of aromatic nitrogens is 2. The summed E-state index contributed by atoms with van der Waals surface area (Å²) in [5.41, 5.74) is 2.18. The molecule has 1 aromatic rings. The molecule has 0 saturated carbocycles. The van der Waals surface area contributed by atoms with Crippen LogP contribution in [0.15, 0.2) is 6.20 Å². The predicted molar refractivity (Wildman–Crippen MR) is 48.3 cm³/mol. The van der Waals surface area contributed by atoms with Crippen molar-refractivity contribution in [3.05, 3.63) is 17.6 Å². The van der Waals surface area contributed by atoms with Crippen molar-refractivity contribution in [2.24, 2.45) is 0 Å². The fraction of sp³-hybridized carbons (Fsp3) is 0.556. The normalized spacial score (nSPS) is 14.6. The molecule has 2 rings (SSSR count). The zero-order valence-corrected chi connectivity index (χ0v) is 7.46. The molecule has 3 heteroatoms. The van der Waals surface area contributed by atoms with Crippen molar-refractivity contribution in [2.75, 3.05) is 11.9 Å². The molecule has 1 aromatic heterocycles. The Kier molecular flexibility index (Phi) is 1.71. The van der Waals surface area contributed by atoms with Crippen LogP contribution in [-0.4, -0.2) is 16.5 Å². The summed E-state index contributed by atoms with van der Waals surface area (Å²) in [5, 5.41) is 3.22. The van der Waals surface area contributed by atoms with E-state index in [0.717, 1.165) is 30.2 Å². The van der Waals surface area contributed by atoms with Crippen LogP contribution in [0, 0.1) is 0 Å². The third-order valence-corrected chi connectivity index (χ3v) is 2.11. The molecule has 2 heterocycles. The maximum atomic E-state index is 4.48. The van der Waals surface area contributed by atoms with E-state index in [2.05, 4.69) is 29.1 Å². The van der Waals surface area contributed by atoms with E-state index >= 15 is 0 Å². The zero-order valence-electron chi connectivity index (χ0n) is 7.46. The minimum absolute atomic E-state index is 0.463. The zero-order chi connectivity index (χ0) is 8.55. The number of fused-ring (bicyclic) bond motifs is 1. The first-order chi connectivity index (χ1) is 5.77. The van der Waals surface area contributed by atoms with E-state index in [-0.39, 0.29) is 0 Å². The van der Waals surface area contributed by atoms with Gasteiger partial charge in [-0.2, -0.15) is 0 Å². The van der Waals surface area contributed by atoms with Crippen LogP contribution in [-0.2, 0) is 6.42 Å². The highest BCUT2D eigenvalue weighted by atomic mass is 15.0. The van der Waals surface area contributed by atoms with Gasteiger partial charge in [-0.3, -0.25) is 4.98 Å². The molecule has 0 amide bonds. The van der Waals surface area contributed by atoms with Gasteiger partial charge in [0.25, 0.3) is 0 Å². The topological polar surface area (TPSA) is 37.8 Å². The maximum Gasteiger partial charge on any atom is 0.148 e. The van der Waals surface area contributed by atoms with Crippen molar-refractivity contribution < 1.29 is 0 Å². The van der Waals surface area contributed by atoms with Crippen LogP contribution in [0.25, 0.3) is 0 Å². The Morgan fingerprint density at radius 2 is 2.33 bits per heavy atom. The van der Waals surface area contributed by atoms with Crippen LogP contribution in [0.4, 0.5) is 5.82 Å². The van der Waals surface area contributed by atoms with Gasteiger partial charge in [0.15, 0.2) is 0 Å². The van der Waals surface area contributed by atoms with E-state index < -0.39 is 0 Å². The molecule has 12 heavy (non-hydrogen) atoms. The van der Waals surface area contributed by atoms with E-state index in [1.54, 1.807) is 0 Å². The van der Waals surface area contributed by atoms with Crippen molar-refractivity contribution in [2.45, 2.75) is 26.2 Å². The SMILES string of the molecule is CC(C)c1cnc2c(n1)NCC2. The standard InChI is InChI=1S/C9H13N3/c1-6(2)8-5-11-7-3-4-10-9(7)12-8/h5-6H,3-4H2,1-2H3,(H,10,12). The van der Waals surface area contributed by atoms with E-state index in [1.165, 1.54) is 0 Å². The molecule has 0 bridgehead atoms. The molecule has 0 aromatic carbocycles. The second kappa shape index (κ2) is 2.73. The number of nitrogens with zero attached hydrogens (tertiary/aromatic N) is 2. The second-order valence-corrected chi connectivity index (χ2v) is 3.42. The van der Waals surface area contributed by atoms with Gasteiger partial charge in [0.2, 0.25) is 0 Å². The Hall–Kier alpha value is -1.12. The summed E-state index contributed by atoms with van der Waals surface area (Å²) in [4.78, 5) is 8.83. The smallest absolute Gasteiger partial charge is 0.148 e. The third-order valence-electron chi connectivity index (χ3n) is 2.11. The Labute approximate surface area is 72.2 Å². The average molecular weight is 163 g/mol. The monoisotopic (exact) mass is 163 g/mol. The Morgan fingerprint density at radius 1 is 1.50 bits per heavy atom. The summed E-state index contributed by atoms with van der Waals surface area (Å²) in [6.07, 6.45) is 2.90. The molecule has 1 N–H and O–H groups in total. The molecule has 1 aliphatic heterocycles. The summed E-state index contributed by atoms with van der Waals surface area (Å²) >= 11 is 0. The van der Waals surface area contributed by atoms with E-state index in [1.807, 2.05) is 6.20 Å². The Morgan fingerprint density at radius 3 is 3.08 bits per heavy atom. The molecular weight excluding hydrogens is 150 g/mol.